The van der Waals surface area contributed by atoms with Crippen LogP contribution in [0.15, 0.2) is 18.2 Å². The lowest BCUT2D eigenvalue weighted by molar-refractivity contribution is -0.322. The Morgan fingerprint density at radius 2 is 1.93 bits per heavy atom. The molecule has 2 aromatic carbocycles. The Morgan fingerprint density at radius 3 is 2.69 bits per heavy atom. The first-order valence-electron chi connectivity index (χ1n) is 17.6. The van der Waals surface area contributed by atoms with E-state index in [1.54, 1.807) is 0 Å². The first-order chi connectivity index (χ1) is 25.7. The van der Waals surface area contributed by atoms with E-state index >= 15 is 4.39 Å². The number of fused-ring (bicyclic) bond motifs is 3. The zero-order valence-corrected chi connectivity index (χ0v) is 30.3. The molecule has 4 aromatic rings. The molecule has 286 valence electrons. The Kier molecular flexibility index (Phi) is 9.26. The van der Waals surface area contributed by atoms with Gasteiger partial charge in [0.15, 0.2) is 5.82 Å². The zero-order valence-electron chi connectivity index (χ0n) is 28.7. The van der Waals surface area contributed by atoms with E-state index in [0.717, 1.165) is 36.8 Å². The molecule has 0 aliphatic carbocycles. The van der Waals surface area contributed by atoms with E-state index in [0.29, 0.717) is 44.7 Å². The minimum absolute atomic E-state index is 0.0107. The smallest absolute Gasteiger partial charge is 0.461 e. The minimum Gasteiger partial charge on any atom is -0.461 e. The number of anilines is 2. The van der Waals surface area contributed by atoms with Gasteiger partial charge in [-0.3, -0.25) is 14.4 Å². The average Bonchev–Trinajstić information content (AvgIpc) is 3.68. The number of benzene rings is 2. The Bertz CT molecular complexity index is 2210. The van der Waals surface area contributed by atoms with Crippen molar-refractivity contribution in [1.82, 2.24) is 19.8 Å². The third kappa shape index (κ3) is 6.44. The number of aromatic nitrogens is 2. The van der Waals surface area contributed by atoms with Crippen molar-refractivity contribution in [2.45, 2.75) is 56.6 Å². The minimum atomic E-state index is -4.93. The molecule has 4 saturated heterocycles. The largest absolute Gasteiger partial charge is 0.523 e. The van der Waals surface area contributed by atoms with Gasteiger partial charge in [0.05, 0.1) is 20.8 Å². The first kappa shape index (κ1) is 36.8. The van der Waals surface area contributed by atoms with Gasteiger partial charge in [0.1, 0.15) is 47.6 Å². The van der Waals surface area contributed by atoms with Crippen LogP contribution >= 0.6 is 22.9 Å². The van der Waals surface area contributed by atoms with Crippen molar-refractivity contribution in [3.8, 4) is 23.2 Å². The van der Waals surface area contributed by atoms with Gasteiger partial charge in [0.2, 0.25) is 5.91 Å². The lowest BCUT2D eigenvalue weighted by Gasteiger charge is -2.51. The maximum Gasteiger partial charge on any atom is 0.523 e. The average molecular weight is 794 g/mol. The summed E-state index contributed by atoms with van der Waals surface area (Å²) in [4.78, 5) is 27.2. The molecule has 6 heterocycles. The van der Waals surface area contributed by atoms with Gasteiger partial charge in [-0.25, -0.2) is 13.2 Å². The van der Waals surface area contributed by atoms with Gasteiger partial charge < -0.3 is 20.3 Å². The van der Waals surface area contributed by atoms with Crippen molar-refractivity contribution >= 4 is 60.7 Å². The second-order valence-corrected chi connectivity index (χ2v) is 16.2. The summed E-state index contributed by atoms with van der Waals surface area (Å²) in [6.07, 6.45) is -1.92. The molecule has 4 fully saturated rings. The fraction of sp³-hybridized carbons (Fsp3) is 0.500. The number of carbonyl (C=O) groups is 1. The van der Waals surface area contributed by atoms with Gasteiger partial charge in [-0.1, -0.05) is 24.1 Å². The molecule has 2 aromatic heterocycles. The third-order valence-corrected chi connectivity index (χ3v) is 12.6. The molecule has 4 aliphatic heterocycles. The monoisotopic (exact) mass is 793 g/mol. The molecule has 18 heteroatoms. The van der Waals surface area contributed by atoms with E-state index in [9.17, 15) is 32.0 Å². The molecule has 10 nitrogen and oxygen atoms in total. The fourth-order valence-electron chi connectivity index (χ4n) is 8.85. The first-order valence-corrected chi connectivity index (χ1v) is 18.8. The van der Waals surface area contributed by atoms with Gasteiger partial charge in [0.25, 0.3) is 0 Å². The summed E-state index contributed by atoms with van der Waals surface area (Å²) in [5.41, 5.74) is 4.87. The highest BCUT2D eigenvalue weighted by atomic mass is 35.5. The van der Waals surface area contributed by atoms with Crippen molar-refractivity contribution in [2.75, 3.05) is 63.1 Å². The predicted molar refractivity (Wildman–Crippen MR) is 190 cm³/mol. The van der Waals surface area contributed by atoms with E-state index in [4.69, 9.17) is 27.1 Å². The molecule has 0 bridgehead atoms. The second-order valence-electron chi connectivity index (χ2n) is 14.8. The molecule has 1 amide bonds. The lowest BCUT2D eigenvalue weighted by Crippen LogP contribution is -2.62. The molecule has 4 aliphatic rings. The number of ether oxygens (including phenoxy) is 2. The van der Waals surface area contributed by atoms with Crippen LogP contribution in [-0.4, -0.2) is 96.2 Å². The molecular formula is C36H34ClF6N7O3S. The molecule has 0 unspecified atom stereocenters. The Morgan fingerprint density at radius 1 is 1.13 bits per heavy atom. The quantitative estimate of drug-likeness (QED) is 0.194. The molecule has 2 N–H and O–H groups in total. The van der Waals surface area contributed by atoms with Crippen LogP contribution in [0.2, 0.25) is 5.02 Å². The van der Waals surface area contributed by atoms with Gasteiger partial charge >= 0.3 is 12.4 Å². The Hall–Kier alpha value is -4.11. The lowest BCUT2D eigenvalue weighted by atomic mass is 9.75. The van der Waals surface area contributed by atoms with E-state index in [1.165, 1.54) is 17.0 Å². The molecule has 0 radical (unpaired) electrons. The Balaban J connectivity index is 1.20. The number of thiophene rings is 1. The number of likely N-dealkylation sites (tertiary alicyclic amines) is 1. The van der Waals surface area contributed by atoms with Crippen LogP contribution in [0.25, 0.3) is 32.1 Å². The summed E-state index contributed by atoms with van der Waals surface area (Å²) in [6.45, 7) is 1.18. The molecular weight excluding hydrogens is 760 g/mol. The number of alkyl halides is 4. The van der Waals surface area contributed by atoms with Crippen LogP contribution in [0, 0.1) is 28.4 Å². The number of carbonyl (C=O) groups excluding carboxylic acids is 1. The number of hydrogen-bond acceptors (Lipinski definition) is 10. The van der Waals surface area contributed by atoms with Gasteiger partial charge in [-0.05, 0) is 49.9 Å². The SMILES string of the molecule is N#Cc1c(N)sc2c(F)ccc(-c3c(Cl)cc4c(N5CCCCC6(CN(C(=O)COC(F)(F)F)C6)C5)nc(OC[C@@]56CCCN5C[C@H](F)C6)nc4c3F)c12. The van der Waals surface area contributed by atoms with E-state index in [1.807, 2.05) is 11.0 Å². The maximum absolute atomic E-state index is 17.2. The summed E-state index contributed by atoms with van der Waals surface area (Å²) in [6, 6.07) is 5.84. The number of halogens is 7. The second kappa shape index (κ2) is 13.6. The van der Waals surface area contributed by atoms with E-state index in [-0.39, 0.29) is 79.8 Å². The van der Waals surface area contributed by atoms with Crippen molar-refractivity contribution in [2.24, 2.45) is 5.41 Å². The summed E-state index contributed by atoms with van der Waals surface area (Å²) in [7, 11) is 0. The summed E-state index contributed by atoms with van der Waals surface area (Å²) in [5.74, 6) is -1.98. The topological polar surface area (TPSA) is 121 Å². The normalized spacial score (nSPS) is 22.8. The highest BCUT2D eigenvalue weighted by Crippen LogP contribution is 2.47. The zero-order chi connectivity index (χ0) is 38.2. The molecule has 54 heavy (non-hydrogen) atoms. The summed E-state index contributed by atoms with van der Waals surface area (Å²) >= 11 is 7.74. The van der Waals surface area contributed by atoms with Crippen LogP contribution in [0.5, 0.6) is 6.01 Å². The number of nitrogens with zero attached hydrogens (tertiary/aromatic N) is 6. The van der Waals surface area contributed by atoms with Crippen LogP contribution in [0.1, 0.15) is 44.1 Å². The highest BCUT2D eigenvalue weighted by molar-refractivity contribution is 7.23. The maximum atomic E-state index is 17.2. The van der Waals surface area contributed by atoms with Crippen molar-refractivity contribution < 1.29 is 40.6 Å². The van der Waals surface area contributed by atoms with Crippen LogP contribution in [-0.2, 0) is 9.53 Å². The van der Waals surface area contributed by atoms with Crippen LogP contribution in [0.3, 0.4) is 0 Å². The van der Waals surface area contributed by atoms with Crippen LogP contribution in [0.4, 0.5) is 37.2 Å². The molecule has 8 rings (SSSR count). The van der Waals surface area contributed by atoms with Crippen molar-refractivity contribution in [3.05, 3.63) is 40.4 Å². The van der Waals surface area contributed by atoms with E-state index in [2.05, 4.69) is 14.6 Å². The number of nitrogens with two attached hydrogens (primary N) is 1. The van der Waals surface area contributed by atoms with Crippen LogP contribution < -0.4 is 15.4 Å². The van der Waals surface area contributed by atoms with Crippen molar-refractivity contribution in [3.63, 3.8) is 0 Å². The predicted octanol–water partition coefficient (Wildman–Crippen LogP) is 7.21. The number of amides is 1. The van der Waals surface area contributed by atoms with Gasteiger partial charge in [-0.15, -0.1) is 24.5 Å². The molecule has 1 spiro atoms. The highest BCUT2D eigenvalue weighted by Gasteiger charge is 2.50. The summed E-state index contributed by atoms with van der Waals surface area (Å²) < 4.78 is 94.7. The van der Waals surface area contributed by atoms with Gasteiger partial charge in [-0.2, -0.15) is 15.2 Å². The standard InChI is InChI=1S/C36H34ClF6N7O3S/c37-23-10-21-29(28(40)27(23)20-4-5-24(39)30-26(20)22(12-44)31(45)54-30)46-33(52-18-35-7-3-9-50(35)13-19(38)11-35)47-32(21)48-8-2-1-6-34(15-48)16-49(17-34)25(51)14-53-36(41,42)43/h4-5,10,19H,1-3,6-9,11,13-18,45H2/t19-,35+/m1/s1. The number of nitriles is 1. The van der Waals surface area contributed by atoms with Gasteiger partial charge in [0, 0.05) is 60.9 Å². The third-order valence-electron chi connectivity index (χ3n) is 11.2. The van der Waals surface area contributed by atoms with E-state index < -0.39 is 47.6 Å². The number of rotatable bonds is 7. The number of hydrogen-bond donors (Lipinski definition) is 1. The Labute approximate surface area is 314 Å². The molecule has 0 saturated carbocycles. The molecule has 2 atom stereocenters. The number of nitrogen functional groups attached to an aromatic ring is 1. The van der Waals surface area contributed by atoms with Crippen molar-refractivity contribution in [1.29, 1.82) is 5.26 Å². The summed E-state index contributed by atoms with van der Waals surface area (Å²) in [5, 5.41) is 10.3. The fourth-order valence-corrected chi connectivity index (χ4v) is 10.1.